The Kier molecular flexibility index (Phi) is 8.35. The lowest BCUT2D eigenvalue weighted by Gasteiger charge is -2.37. The highest BCUT2D eigenvalue weighted by molar-refractivity contribution is 7.89. The molecule has 5 rings (SSSR count). The number of sulfonamides is 1. The predicted molar refractivity (Wildman–Crippen MR) is 144 cm³/mol. The van der Waals surface area contributed by atoms with Gasteiger partial charge in [-0.05, 0) is 72.7 Å². The molecule has 202 valence electrons. The molecule has 0 radical (unpaired) electrons. The van der Waals surface area contributed by atoms with Crippen LogP contribution >= 0.6 is 22.9 Å². The molecule has 11 heteroatoms. The van der Waals surface area contributed by atoms with Gasteiger partial charge in [0.25, 0.3) is 0 Å². The minimum atomic E-state index is -4.00. The van der Waals surface area contributed by atoms with E-state index in [-0.39, 0.29) is 42.4 Å². The van der Waals surface area contributed by atoms with Gasteiger partial charge in [-0.3, -0.25) is 4.79 Å². The van der Waals surface area contributed by atoms with Crippen molar-refractivity contribution in [1.82, 2.24) is 9.21 Å². The number of amides is 1. The molecule has 3 aromatic rings. The van der Waals surface area contributed by atoms with Crippen LogP contribution in [0.15, 0.2) is 64.9 Å². The lowest BCUT2D eigenvalue weighted by molar-refractivity contribution is -0.135. The Labute approximate surface area is 230 Å². The molecule has 2 aliphatic rings. The van der Waals surface area contributed by atoms with E-state index in [4.69, 9.17) is 21.1 Å². The first-order valence-corrected chi connectivity index (χ1v) is 15.1. The van der Waals surface area contributed by atoms with Crippen molar-refractivity contribution in [3.63, 3.8) is 0 Å². The van der Waals surface area contributed by atoms with Gasteiger partial charge < -0.3 is 14.4 Å². The minimum Gasteiger partial charge on any atom is -0.488 e. The maximum atomic E-state index is 14.2. The summed E-state index contributed by atoms with van der Waals surface area (Å²) in [5.74, 6) is -0.726. The normalized spacial score (nSPS) is 19.5. The van der Waals surface area contributed by atoms with E-state index in [1.54, 1.807) is 34.4 Å². The SMILES string of the molecule is O=C(CN(C[C@@H]1CCCO1)S(=O)(=O)c1ccc(Cl)cc1)N1CCc2sccc2[C@@H]1COc1ccccc1F. The number of carbonyl (C=O) groups excluding carboxylic acids is 1. The third-order valence-corrected chi connectivity index (χ3v) is 9.92. The zero-order chi connectivity index (χ0) is 26.7. The van der Waals surface area contributed by atoms with Crippen molar-refractivity contribution in [2.75, 3.05) is 32.8 Å². The molecule has 0 bridgehead atoms. The van der Waals surface area contributed by atoms with Crippen molar-refractivity contribution in [1.29, 1.82) is 0 Å². The van der Waals surface area contributed by atoms with E-state index in [1.165, 1.54) is 34.6 Å². The van der Waals surface area contributed by atoms with Crippen LogP contribution in [0.25, 0.3) is 0 Å². The van der Waals surface area contributed by atoms with Gasteiger partial charge in [-0.15, -0.1) is 11.3 Å². The highest BCUT2D eigenvalue weighted by atomic mass is 35.5. The van der Waals surface area contributed by atoms with E-state index in [1.807, 2.05) is 11.4 Å². The molecular weight excluding hydrogens is 551 g/mol. The number of hydrogen-bond donors (Lipinski definition) is 0. The van der Waals surface area contributed by atoms with Crippen LogP contribution in [-0.2, 0) is 26.0 Å². The van der Waals surface area contributed by atoms with Crippen molar-refractivity contribution >= 4 is 38.9 Å². The van der Waals surface area contributed by atoms with Crippen LogP contribution in [0, 0.1) is 5.82 Å². The summed E-state index contributed by atoms with van der Waals surface area (Å²) in [6.45, 7) is 0.750. The Morgan fingerprint density at radius 2 is 1.97 bits per heavy atom. The first kappa shape index (κ1) is 27.1. The topological polar surface area (TPSA) is 76.2 Å². The number of nitrogens with zero attached hydrogens (tertiary/aromatic N) is 2. The lowest BCUT2D eigenvalue weighted by atomic mass is 10.0. The van der Waals surface area contributed by atoms with Gasteiger partial charge in [0.15, 0.2) is 11.6 Å². The number of halogens is 2. The minimum absolute atomic E-state index is 0.0477. The molecule has 2 atom stereocenters. The summed E-state index contributed by atoms with van der Waals surface area (Å²) >= 11 is 7.58. The fourth-order valence-corrected chi connectivity index (χ4v) is 7.34. The number of hydrogen-bond acceptors (Lipinski definition) is 6. The van der Waals surface area contributed by atoms with Crippen molar-refractivity contribution in [2.45, 2.75) is 36.3 Å². The summed E-state index contributed by atoms with van der Waals surface area (Å²) in [4.78, 5) is 16.6. The number of benzene rings is 2. The number of ether oxygens (including phenoxy) is 2. The van der Waals surface area contributed by atoms with Gasteiger partial charge in [0.05, 0.1) is 23.6 Å². The van der Waals surface area contributed by atoms with Gasteiger partial charge in [0.2, 0.25) is 15.9 Å². The molecule has 0 spiro atoms. The number of para-hydroxylation sites is 1. The van der Waals surface area contributed by atoms with E-state index in [0.717, 1.165) is 23.3 Å². The highest BCUT2D eigenvalue weighted by Gasteiger charge is 2.36. The fourth-order valence-electron chi connectivity index (χ4n) is 4.87. The molecule has 2 aliphatic heterocycles. The van der Waals surface area contributed by atoms with Crippen LogP contribution in [-0.4, -0.2) is 62.5 Å². The average molecular weight is 579 g/mol. The summed E-state index contributed by atoms with van der Waals surface area (Å²) in [7, 11) is -4.00. The summed E-state index contributed by atoms with van der Waals surface area (Å²) in [5.41, 5.74) is 0.942. The van der Waals surface area contributed by atoms with Crippen molar-refractivity contribution in [3.05, 3.63) is 81.3 Å². The maximum Gasteiger partial charge on any atom is 0.243 e. The molecule has 0 N–H and O–H groups in total. The van der Waals surface area contributed by atoms with Crippen LogP contribution in [0.5, 0.6) is 5.75 Å². The van der Waals surface area contributed by atoms with Crippen LogP contribution < -0.4 is 4.74 Å². The quantitative estimate of drug-likeness (QED) is 0.360. The van der Waals surface area contributed by atoms with Gasteiger partial charge in [-0.25, -0.2) is 12.8 Å². The third-order valence-electron chi connectivity index (χ3n) is 6.84. The van der Waals surface area contributed by atoms with Gasteiger partial charge in [-0.2, -0.15) is 4.31 Å². The molecule has 1 saturated heterocycles. The van der Waals surface area contributed by atoms with Crippen LogP contribution in [0.3, 0.4) is 0 Å². The largest absolute Gasteiger partial charge is 0.488 e. The molecular formula is C27H28ClFN2O5S2. The summed E-state index contributed by atoms with van der Waals surface area (Å²) in [6.07, 6.45) is 1.94. The van der Waals surface area contributed by atoms with E-state index in [9.17, 15) is 17.6 Å². The first-order chi connectivity index (χ1) is 18.3. The Morgan fingerprint density at radius 1 is 1.18 bits per heavy atom. The average Bonchev–Trinajstić information content (AvgIpc) is 3.60. The van der Waals surface area contributed by atoms with Crippen molar-refractivity contribution in [3.8, 4) is 5.75 Å². The van der Waals surface area contributed by atoms with Gasteiger partial charge in [-0.1, -0.05) is 23.7 Å². The fraction of sp³-hybridized carbons (Fsp3) is 0.370. The third kappa shape index (κ3) is 5.89. The summed E-state index contributed by atoms with van der Waals surface area (Å²) in [6, 6.07) is 13.5. The van der Waals surface area contributed by atoms with Gasteiger partial charge in [0.1, 0.15) is 6.61 Å². The second-order valence-corrected chi connectivity index (χ2v) is 12.7. The molecule has 38 heavy (non-hydrogen) atoms. The Balaban J connectivity index is 1.39. The number of thiophene rings is 1. The first-order valence-electron chi connectivity index (χ1n) is 12.4. The number of rotatable bonds is 9. The van der Waals surface area contributed by atoms with Crippen molar-refractivity contribution < 1.29 is 27.1 Å². The van der Waals surface area contributed by atoms with Crippen LogP contribution in [0.4, 0.5) is 4.39 Å². The monoisotopic (exact) mass is 578 g/mol. The van der Waals surface area contributed by atoms with E-state index in [0.29, 0.717) is 24.6 Å². The van der Waals surface area contributed by atoms with Crippen LogP contribution in [0.1, 0.15) is 29.3 Å². The summed E-state index contributed by atoms with van der Waals surface area (Å²) in [5, 5.41) is 2.38. The number of carbonyl (C=O) groups is 1. The molecule has 0 unspecified atom stereocenters. The molecule has 7 nitrogen and oxygen atoms in total. The molecule has 0 saturated carbocycles. The maximum absolute atomic E-state index is 14.2. The second kappa shape index (κ2) is 11.7. The van der Waals surface area contributed by atoms with E-state index < -0.39 is 21.9 Å². The standard InChI is InChI=1S/C27H28ClFN2O5S2/c28-19-7-9-21(10-8-19)38(33,34)30(16-20-4-3-14-35-20)17-27(32)31-13-11-26-22(12-15-37-26)24(31)18-36-25-6-2-1-5-23(25)29/h1-2,5-10,12,15,20,24H,3-4,11,13-14,16-18H2/t20-,24-/m0/s1. The Bertz CT molecular complexity index is 1380. The van der Waals surface area contributed by atoms with Crippen molar-refractivity contribution in [2.24, 2.45) is 0 Å². The smallest absolute Gasteiger partial charge is 0.243 e. The molecule has 1 aromatic heterocycles. The molecule has 2 aromatic carbocycles. The molecule has 1 fully saturated rings. The number of fused-ring (bicyclic) bond motifs is 1. The Morgan fingerprint density at radius 3 is 2.71 bits per heavy atom. The molecule has 3 heterocycles. The molecule has 0 aliphatic carbocycles. The lowest BCUT2D eigenvalue weighted by Crippen LogP contribution is -2.49. The Hall–Kier alpha value is -2.50. The van der Waals surface area contributed by atoms with E-state index >= 15 is 0 Å². The van der Waals surface area contributed by atoms with Crippen LogP contribution in [0.2, 0.25) is 5.02 Å². The molecule has 1 amide bonds. The second-order valence-electron chi connectivity index (χ2n) is 9.28. The highest BCUT2D eigenvalue weighted by Crippen LogP contribution is 2.34. The predicted octanol–water partition coefficient (Wildman–Crippen LogP) is 4.92. The van der Waals surface area contributed by atoms with Gasteiger partial charge >= 0.3 is 0 Å². The van der Waals surface area contributed by atoms with Gasteiger partial charge in [0, 0.05) is 29.6 Å². The zero-order valence-electron chi connectivity index (χ0n) is 20.6. The van der Waals surface area contributed by atoms with E-state index in [2.05, 4.69) is 0 Å². The zero-order valence-corrected chi connectivity index (χ0v) is 23.0. The summed E-state index contributed by atoms with van der Waals surface area (Å²) < 4.78 is 54.2.